The Morgan fingerprint density at radius 3 is 2.86 bits per heavy atom. The zero-order valence-electron chi connectivity index (χ0n) is 13.4. The first kappa shape index (κ1) is 14.8. The SMILES string of the molecule is CCNCc1cnc(C)cc1N1CCC(N2CCCC2)C1. The number of likely N-dealkylation sites (tertiary alicyclic amines) is 1. The maximum absolute atomic E-state index is 4.48. The van der Waals surface area contributed by atoms with Crippen molar-refractivity contribution in [1.29, 1.82) is 0 Å². The quantitative estimate of drug-likeness (QED) is 0.900. The Labute approximate surface area is 128 Å². The van der Waals surface area contributed by atoms with E-state index in [-0.39, 0.29) is 0 Å². The highest BCUT2D eigenvalue weighted by Crippen LogP contribution is 2.28. The smallest absolute Gasteiger partial charge is 0.0446 e. The molecule has 1 N–H and O–H groups in total. The molecule has 3 heterocycles. The van der Waals surface area contributed by atoms with Gasteiger partial charge in [0.15, 0.2) is 0 Å². The second-order valence-corrected chi connectivity index (χ2v) is 6.37. The van der Waals surface area contributed by atoms with Gasteiger partial charge in [0.2, 0.25) is 0 Å². The molecule has 0 aliphatic carbocycles. The number of aryl methyl sites for hydroxylation is 1. The molecule has 1 aromatic heterocycles. The van der Waals surface area contributed by atoms with Crippen LogP contribution >= 0.6 is 0 Å². The number of anilines is 1. The Morgan fingerprint density at radius 1 is 1.29 bits per heavy atom. The fourth-order valence-electron chi connectivity index (χ4n) is 3.63. The minimum atomic E-state index is 0.757. The van der Waals surface area contributed by atoms with Crippen LogP contribution in [0.1, 0.15) is 37.4 Å². The molecule has 21 heavy (non-hydrogen) atoms. The molecule has 0 bridgehead atoms. The van der Waals surface area contributed by atoms with Crippen molar-refractivity contribution in [2.75, 3.05) is 37.6 Å². The molecule has 0 radical (unpaired) electrons. The first-order valence-electron chi connectivity index (χ1n) is 8.43. The second-order valence-electron chi connectivity index (χ2n) is 6.37. The van der Waals surface area contributed by atoms with Gasteiger partial charge >= 0.3 is 0 Å². The van der Waals surface area contributed by atoms with Crippen LogP contribution in [0.5, 0.6) is 0 Å². The van der Waals surface area contributed by atoms with Gasteiger partial charge < -0.3 is 10.2 Å². The summed E-state index contributed by atoms with van der Waals surface area (Å²) >= 11 is 0. The first-order chi connectivity index (χ1) is 10.3. The molecule has 2 aliphatic heterocycles. The summed E-state index contributed by atoms with van der Waals surface area (Å²) in [5, 5.41) is 3.44. The average molecular weight is 288 g/mol. The summed E-state index contributed by atoms with van der Waals surface area (Å²) in [5.41, 5.74) is 3.85. The Kier molecular flexibility index (Phi) is 4.76. The molecule has 116 valence electrons. The van der Waals surface area contributed by atoms with Gasteiger partial charge in [-0.3, -0.25) is 9.88 Å². The highest BCUT2D eigenvalue weighted by atomic mass is 15.3. The van der Waals surface area contributed by atoms with Gasteiger partial charge in [-0.2, -0.15) is 0 Å². The van der Waals surface area contributed by atoms with Crippen LogP contribution in [-0.2, 0) is 6.54 Å². The van der Waals surface area contributed by atoms with E-state index in [4.69, 9.17) is 0 Å². The number of hydrogen-bond donors (Lipinski definition) is 1. The van der Waals surface area contributed by atoms with E-state index in [1.807, 2.05) is 0 Å². The Morgan fingerprint density at radius 2 is 2.10 bits per heavy atom. The van der Waals surface area contributed by atoms with Crippen molar-refractivity contribution in [3.05, 3.63) is 23.5 Å². The molecule has 1 atom stereocenters. The molecule has 3 rings (SSSR count). The van der Waals surface area contributed by atoms with Crippen LogP contribution in [0.3, 0.4) is 0 Å². The van der Waals surface area contributed by atoms with E-state index in [2.05, 4.69) is 46.2 Å². The average Bonchev–Trinajstić information content (AvgIpc) is 3.16. The maximum atomic E-state index is 4.48. The Bertz CT molecular complexity index is 468. The van der Waals surface area contributed by atoms with E-state index >= 15 is 0 Å². The number of hydrogen-bond acceptors (Lipinski definition) is 4. The largest absolute Gasteiger partial charge is 0.370 e. The van der Waals surface area contributed by atoms with Crippen molar-refractivity contribution in [3.63, 3.8) is 0 Å². The highest BCUT2D eigenvalue weighted by Gasteiger charge is 2.30. The topological polar surface area (TPSA) is 31.4 Å². The molecule has 0 amide bonds. The molecule has 2 saturated heterocycles. The van der Waals surface area contributed by atoms with E-state index in [1.165, 1.54) is 56.7 Å². The second kappa shape index (κ2) is 6.75. The molecular weight excluding hydrogens is 260 g/mol. The zero-order valence-corrected chi connectivity index (χ0v) is 13.4. The fraction of sp³-hybridized carbons (Fsp3) is 0.706. The van der Waals surface area contributed by atoms with Gasteiger partial charge in [0.05, 0.1) is 0 Å². The monoisotopic (exact) mass is 288 g/mol. The van der Waals surface area contributed by atoms with Gasteiger partial charge in [-0.25, -0.2) is 0 Å². The lowest BCUT2D eigenvalue weighted by atomic mass is 10.2. The van der Waals surface area contributed by atoms with Crippen molar-refractivity contribution < 1.29 is 0 Å². The van der Waals surface area contributed by atoms with Gasteiger partial charge in [-0.15, -0.1) is 0 Å². The zero-order chi connectivity index (χ0) is 14.7. The predicted molar refractivity (Wildman–Crippen MR) is 87.8 cm³/mol. The van der Waals surface area contributed by atoms with Crippen LogP contribution in [0.2, 0.25) is 0 Å². The van der Waals surface area contributed by atoms with Crippen LogP contribution in [0.4, 0.5) is 5.69 Å². The number of nitrogens with zero attached hydrogens (tertiary/aromatic N) is 3. The summed E-state index contributed by atoms with van der Waals surface area (Å²) in [5.74, 6) is 0. The fourth-order valence-corrected chi connectivity index (χ4v) is 3.63. The molecular formula is C17H28N4. The molecule has 0 aromatic carbocycles. The van der Waals surface area contributed by atoms with E-state index in [9.17, 15) is 0 Å². The molecule has 0 spiro atoms. The summed E-state index contributed by atoms with van der Waals surface area (Å²) in [7, 11) is 0. The first-order valence-corrected chi connectivity index (χ1v) is 8.43. The third-order valence-electron chi connectivity index (χ3n) is 4.83. The van der Waals surface area contributed by atoms with E-state index in [0.717, 1.165) is 24.8 Å². The third kappa shape index (κ3) is 3.38. The molecule has 0 saturated carbocycles. The van der Waals surface area contributed by atoms with Crippen LogP contribution < -0.4 is 10.2 Å². The van der Waals surface area contributed by atoms with Crippen molar-refractivity contribution >= 4 is 5.69 Å². The van der Waals surface area contributed by atoms with Gasteiger partial charge in [-0.05, 0) is 51.9 Å². The minimum Gasteiger partial charge on any atom is -0.370 e. The summed E-state index contributed by atoms with van der Waals surface area (Å²) in [4.78, 5) is 9.75. The number of pyridine rings is 1. The number of nitrogens with one attached hydrogen (secondary N) is 1. The summed E-state index contributed by atoms with van der Waals surface area (Å²) in [6.07, 6.45) is 6.13. The Balaban J connectivity index is 1.72. The summed E-state index contributed by atoms with van der Waals surface area (Å²) < 4.78 is 0. The van der Waals surface area contributed by atoms with Crippen molar-refractivity contribution in [3.8, 4) is 0 Å². The predicted octanol–water partition coefficient (Wildman–Crippen LogP) is 2.17. The van der Waals surface area contributed by atoms with Gasteiger partial charge in [0.25, 0.3) is 0 Å². The lowest BCUT2D eigenvalue weighted by Crippen LogP contribution is -2.35. The molecule has 2 fully saturated rings. The third-order valence-corrected chi connectivity index (χ3v) is 4.83. The van der Waals surface area contributed by atoms with Crippen molar-refractivity contribution in [2.24, 2.45) is 0 Å². The maximum Gasteiger partial charge on any atom is 0.0446 e. The van der Waals surface area contributed by atoms with Crippen molar-refractivity contribution in [1.82, 2.24) is 15.2 Å². The van der Waals surface area contributed by atoms with Crippen LogP contribution in [0.25, 0.3) is 0 Å². The van der Waals surface area contributed by atoms with Crippen LogP contribution in [-0.4, -0.2) is 48.6 Å². The van der Waals surface area contributed by atoms with E-state index in [1.54, 1.807) is 0 Å². The van der Waals surface area contributed by atoms with Crippen LogP contribution in [0.15, 0.2) is 12.3 Å². The minimum absolute atomic E-state index is 0.757. The number of aromatic nitrogens is 1. The molecule has 2 aliphatic rings. The molecule has 1 unspecified atom stereocenters. The summed E-state index contributed by atoms with van der Waals surface area (Å²) in [6, 6.07) is 3.02. The Hall–Kier alpha value is -1.13. The van der Waals surface area contributed by atoms with Gasteiger partial charge in [-0.1, -0.05) is 6.92 Å². The summed E-state index contributed by atoms with van der Waals surface area (Å²) in [6.45, 7) is 11.1. The number of rotatable bonds is 5. The molecule has 4 nitrogen and oxygen atoms in total. The highest BCUT2D eigenvalue weighted by molar-refractivity contribution is 5.54. The van der Waals surface area contributed by atoms with Gasteiger partial charge in [0.1, 0.15) is 0 Å². The molecule has 4 heteroatoms. The van der Waals surface area contributed by atoms with Gasteiger partial charge in [0, 0.05) is 48.8 Å². The lowest BCUT2D eigenvalue weighted by Gasteiger charge is -2.26. The van der Waals surface area contributed by atoms with E-state index in [0.29, 0.717) is 0 Å². The molecule has 1 aromatic rings. The standard InChI is InChI=1S/C17H28N4/c1-3-18-11-15-12-19-14(2)10-17(15)21-9-6-16(13-21)20-7-4-5-8-20/h10,12,16,18H,3-9,11,13H2,1-2H3. The van der Waals surface area contributed by atoms with E-state index < -0.39 is 0 Å². The lowest BCUT2D eigenvalue weighted by molar-refractivity contribution is 0.260. The normalized spacial score (nSPS) is 23.1. The van der Waals surface area contributed by atoms with Crippen molar-refractivity contribution in [2.45, 2.75) is 45.7 Å². The van der Waals surface area contributed by atoms with Crippen LogP contribution in [0, 0.1) is 6.92 Å².